The Morgan fingerprint density at radius 3 is 2.34 bits per heavy atom. The normalized spacial score (nSPS) is 12.7. The summed E-state index contributed by atoms with van der Waals surface area (Å²) in [6.07, 6.45) is -0.692. The van der Waals surface area contributed by atoms with Gasteiger partial charge in [-0.05, 0) is 60.8 Å². The van der Waals surface area contributed by atoms with E-state index in [0.717, 1.165) is 22.3 Å². The number of aromatic amines is 1. The molecule has 0 saturated heterocycles. The van der Waals surface area contributed by atoms with Gasteiger partial charge in [-0.3, -0.25) is 18.9 Å². The molecule has 5 aromatic rings. The number of para-hydroxylation sites is 1. The van der Waals surface area contributed by atoms with Crippen molar-refractivity contribution in [3.63, 3.8) is 0 Å². The number of benzene rings is 3. The molecule has 2 aromatic heterocycles. The molecule has 0 aliphatic heterocycles. The van der Waals surface area contributed by atoms with Crippen molar-refractivity contribution < 1.29 is 28.0 Å². The van der Waals surface area contributed by atoms with Crippen LogP contribution in [0.5, 0.6) is 6.01 Å². The maximum atomic E-state index is 13.4. The molecule has 0 aliphatic rings. The third kappa shape index (κ3) is 7.28. The lowest BCUT2D eigenvalue weighted by Gasteiger charge is -2.38. The van der Waals surface area contributed by atoms with Crippen molar-refractivity contribution in [1.82, 2.24) is 19.7 Å². The second-order valence-corrected chi connectivity index (χ2v) is 17.6. The van der Waals surface area contributed by atoms with E-state index in [-0.39, 0.29) is 16.4 Å². The molecule has 1 atom stereocenters. The molecule has 3 aromatic carbocycles. The van der Waals surface area contributed by atoms with Crippen LogP contribution < -0.4 is 10.5 Å². The van der Waals surface area contributed by atoms with Crippen LogP contribution in [0.25, 0.3) is 33.5 Å². The number of Topliss-reactive ketones (excluding diaryl/α,β-unsaturated/α-hetero) is 1. The Hall–Kier alpha value is -4.81. The van der Waals surface area contributed by atoms with E-state index in [1.165, 1.54) is 0 Å². The van der Waals surface area contributed by atoms with Crippen molar-refractivity contribution >= 4 is 31.1 Å². The summed E-state index contributed by atoms with van der Waals surface area (Å²) >= 11 is 0. The minimum Gasteiger partial charge on any atom is -0.465 e. The van der Waals surface area contributed by atoms with Gasteiger partial charge < -0.3 is 13.9 Å². The van der Waals surface area contributed by atoms with E-state index >= 15 is 0 Å². The molecule has 0 saturated carbocycles. The monoisotopic (exact) mass is 656 g/mol. The molecule has 246 valence electrons. The van der Waals surface area contributed by atoms with Gasteiger partial charge in [0.25, 0.3) is 6.01 Å². The van der Waals surface area contributed by atoms with Crippen molar-refractivity contribution in [2.24, 2.45) is 0 Å². The number of hydrogen-bond acceptors (Lipinski definition) is 9. The Morgan fingerprint density at radius 1 is 1.00 bits per heavy atom. The summed E-state index contributed by atoms with van der Waals surface area (Å²) in [6, 6.07) is 21.0. The molecule has 0 fully saturated rings. The fourth-order valence-corrected chi connectivity index (χ4v) is 6.36. The van der Waals surface area contributed by atoms with Crippen molar-refractivity contribution in [3.05, 3.63) is 88.4 Å². The number of nitrogens with one attached hydrogen (secondary N) is 1. The van der Waals surface area contributed by atoms with Crippen molar-refractivity contribution in [2.75, 3.05) is 13.2 Å². The molecule has 0 bridgehead atoms. The van der Waals surface area contributed by atoms with Gasteiger partial charge in [0.15, 0.2) is 26.5 Å². The number of ether oxygens (including phenoxy) is 2. The number of rotatable bonds is 12. The van der Waals surface area contributed by atoms with Crippen LogP contribution in [0.1, 0.15) is 50.5 Å². The number of carbonyl (C=O) groups is 2. The van der Waals surface area contributed by atoms with Crippen molar-refractivity contribution in [3.8, 4) is 28.5 Å². The molecule has 5 rings (SSSR count). The van der Waals surface area contributed by atoms with Gasteiger partial charge in [-0.25, -0.2) is 9.59 Å². The fourth-order valence-electron chi connectivity index (χ4n) is 4.99. The SMILES string of the molecule is CCOc1nc2cccc(C(=O)OCC(=O)C(C)O[Si](C)(C)C(C)(C)C)c2n1Cc1ccc(-c2ccccc2-c2noc(=O)[nH]2)cc1. The number of H-pyrrole nitrogens is 1. The third-order valence-electron chi connectivity index (χ3n) is 8.53. The number of imidazole rings is 1. The maximum absolute atomic E-state index is 13.4. The summed E-state index contributed by atoms with van der Waals surface area (Å²) in [5, 5.41) is 3.78. The number of ketones is 1. The third-order valence-corrected chi connectivity index (χ3v) is 13.1. The fraction of sp³-hybridized carbons (Fsp3) is 0.343. The summed E-state index contributed by atoms with van der Waals surface area (Å²) in [5.41, 5.74) is 4.83. The van der Waals surface area contributed by atoms with Gasteiger partial charge in [-0.1, -0.05) is 80.5 Å². The van der Waals surface area contributed by atoms with Crippen LogP contribution in [0.15, 0.2) is 76.0 Å². The molecule has 1 unspecified atom stereocenters. The lowest BCUT2D eigenvalue weighted by molar-refractivity contribution is -0.128. The molecular weight excluding hydrogens is 616 g/mol. The van der Waals surface area contributed by atoms with Crippen LogP contribution in [-0.4, -0.2) is 59.1 Å². The molecule has 12 heteroatoms. The largest absolute Gasteiger partial charge is 0.465 e. The van der Waals surface area contributed by atoms with Crippen LogP contribution in [0.4, 0.5) is 0 Å². The van der Waals surface area contributed by atoms with E-state index < -0.39 is 32.8 Å². The van der Waals surface area contributed by atoms with Gasteiger partial charge in [-0.15, -0.1) is 0 Å². The summed E-state index contributed by atoms with van der Waals surface area (Å²) in [7, 11) is -2.18. The van der Waals surface area contributed by atoms with Gasteiger partial charge in [0.1, 0.15) is 6.10 Å². The molecule has 0 radical (unpaired) electrons. The summed E-state index contributed by atoms with van der Waals surface area (Å²) in [4.78, 5) is 45.2. The highest BCUT2D eigenvalue weighted by Crippen LogP contribution is 2.37. The number of aromatic nitrogens is 4. The smallest absolute Gasteiger partial charge is 0.439 e. The first-order valence-electron chi connectivity index (χ1n) is 15.5. The van der Waals surface area contributed by atoms with Crippen LogP contribution in [0, 0.1) is 0 Å². The summed E-state index contributed by atoms with van der Waals surface area (Å²) in [5.74, 6) is -1.21. The van der Waals surface area contributed by atoms with E-state index in [2.05, 4.69) is 49.0 Å². The van der Waals surface area contributed by atoms with E-state index in [1.54, 1.807) is 25.1 Å². The predicted molar refractivity (Wildman–Crippen MR) is 181 cm³/mol. The van der Waals surface area contributed by atoms with E-state index in [0.29, 0.717) is 36.0 Å². The van der Waals surface area contributed by atoms with Crippen LogP contribution in [-0.2, 0) is 20.5 Å². The molecule has 1 N–H and O–H groups in total. The molecular formula is C35H40N4O7Si. The standard InChI is InChI=1S/C35H40N4O7Si/c1-8-43-33-36-28-15-11-14-27(32(41)44-21-29(40)22(2)46-47(6,7)35(3,4)5)30(28)39(33)20-23-16-18-24(19-17-23)25-12-9-10-13-26(25)31-37-34(42)45-38-31/h9-19,22H,8,20-21H2,1-7H3,(H,37,38,42). The number of hydrogen-bond donors (Lipinski definition) is 1. The second-order valence-electron chi connectivity index (χ2n) is 12.8. The molecule has 0 aliphatic carbocycles. The minimum absolute atomic E-state index is 0.0609. The second kappa shape index (κ2) is 13.5. The highest BCUT2D eigenvalue weighted by Gasteiger charge is 2.39. The molecule has 0 spiro atoms. The van der Waals surface area contributed by atoms with Crippen LogP contribution in [0.2, 0.25) is 18.1 Å². The predicted octanol–water partition coefficient (Wildman–Crippen LogP) is 6.63. The first-order valence-corrected chi connectivity index (χ1v) is 18.4. The number of fused-ring (bicyclic) bond motifs is 1. The van der Waals surface area contributed by atoms with Gasteiger partial charge in [0.05, 0.1) is 29.7 Å². The van der Waals surface area contributed by atoms with Crippen molar-refractivity contribution in [2.45, 2.75) is 65.4 Å². The zero-order valence-electron chi connectivity index (χ0n) is 27.7. The Morgan fingerprint density at radius 2 is 1.70 bits per heavy atom. The Kier molecular flexibility index (Phi) is 9.64. The first-order chi connectivity index (χ1) is 22.3. The zero-order valence-corrected chi connectivity index (χ0v) is 28.7. The van der Waals surface area contributed by atoms with E-state index in [1.807, 2.05) is 60.0 Å². The number of nitrogens with zero attached hydrogens (tertiary/aromatic N) is 3. The quantitative estimate of drug-likeness (QED) is 0.116. The highest BCUT2D eigenvalue weighted by atomic mass is 28.4. The van der Waals surface area contributed by atoms with E-state index in [4.69, 9.17) is 18.4 Å². The summed E-state index contributed by atoms with van der Waals surface area (Å²) < 4.78 is 24.2. The highest BCUT2D eigenvalue weighted by molar-refractivity contribution is 6.74. The molecule has 2 heterocycles. The van der Waals surface area contributed by atoms with E-state index in [9.17, 15) is 14.4 Å². The Labute approximate surface area is 274 Å². The average Bonchev–Trinajstić information content (AvgIpc) is 3.62. The van der Waals surface area contributed by atoms with Gasteiger partial charge >= 0.3 is 11.7 Å². The molecule has 0 amide bonds. The Balaban J connectivity index is 1.39. The van der Waals surface area contributed by atoms with Gasteiger partial charge in [0, 0.05) is 5.56 Å². The number of esters is 1. The van der Waals surface area contributed by atoms with Gasteiger partial charge in [0.2, 0.25) is 0 Å². The first kappa shape index (κ1) is 33.5. The molecule has 47 heavy (non-hydrogen) atoms. The van der Waals surface area contributed by atoms with Crippen LogP contribution >= 0.6 is 0 Å². The lowest BCUT2D eigenvalue weighted by atomic mass is 9.98. The lowest BCUT2D eigenvalue weighted by Crippen LogP contribution is -2.45. The van der Waals surface area contributed by atoms with Crippen LogP contribution in [0.3, 0.4) is 0 Å². The van der Waals surface area contributed by atoms with Gasteiger partial charge in [-0.2, -0.15) is 4.98 Å². The Bertz CT molecular complexity index is 1950. The topological polar surface area (TPSA) is 139 Å². The minimum atomic E-state index is -2.18. The van der Waals surface area contributed by atoms with Crippen molar-refractivity contribution in [1.29, 1.82) is 0 Å². The average molecular weight is 657 g/mol. The summed E-state index contributed by atoms with van der Waals surface area (Å²) in [6.45, 7) is 14.4. The zero-order chi connectivity index (χ0) is 33.9. The maximum Gasteiger partial charge on any atom is 0.439 e. The number of carbonyl (C=O) groups excluding carboxylic acids is 2. The molecule has 11 nitrogen and oxygen atoms in total.